The summed E-state index contributed by atoms with van der Waals surface area (Å²) in [6.07, 6.45) is 4.91. The largest absolute Gasteiger partial charge is 0.444 e. The summed E-state index contributed by atoms with van der Waals surface area (Å²) in [6.45, 7) is 13.4. The highest BCUT2D eigenvalue weighted by Crippen LogP contribution is 2.70. The number of carbonyl (C=O) groups is 2. The number of nitrogens with zero attached hydrogens (tertiary/aromatic N) is 5. The highest BCUT2D eigenvalue weighted by atomic mass is 19.3. The molecule has 1 unspecified atom stereocenters. The van der Waals surface area contributed by atoms with E-state index < -0.39 is 22.9 Å². The van der Waals surface area contributed by atoms with Crippen LogP contribution in [0.1, 0.15) is 87.6 Å². The Balaban J connectivity index is 0.920. The lowest BCUT2D eigenvalue weighted by atomic mass is 9.87. The predicted octanol–water partition coefficient (Wildman–Crippen LogP) is 6.51. The Kier molecular flexibility index (Phi) is 8.28. The van der Waals surface area contributed by atoms with Crippen molar-refractivity contribution in [2.75, 3.05) is 52.4 Å². The zero-order chi connectivity index (χ0) is 35.0. The number of amides is 2. The maximum Gasteiger partial charge on any atom is 0.410 e. The van der Waals surface area contributed by atoms with Crippen molar-refractivity contribution in [1.29, 1.82) is 0 Å². The van der Waals surface area contributed by atoms with Crippen molar-refractivity contribution in [3.63, 3.8) is 0 Å². The van der Waals surface area contributed by atoms with Gasteiger partial charge in [-0.1, -0.05) is 13.0 Å². The number of nitrogens with one attached hydrogen (secondary N) is 1. The van der Waals surface area contributed by atoms with Crippen LogP contribution in [0.5, 0.6) is 0 Å². The van der Waals surface area contributed by atoms with Crippen LogP contribution in [-0.4, -0.2) is 105 Å². The van der Waals surface area contributed by atoms with Crippen LogP contribution in [0.15, 0.2) is 24.3 Å². The zero-order valence-electron chi connectivity index (χ0n) is 29.8. The van der Waals surface area contributed by atoms with E-state index in [4.69, 9.17) is 14.6 Å². The third-order valence-corrected chi connectivity index (χ3v) is 11.9. The molecule has 3 aromatic rings. The summed E-state index contributed by atoms with van der Waals surface area (Å²) in [5.41, 5.74) is 3.23. The van der Waals surface area contributed by atoms with Crippen LogP contribution in [0.4, 0.5) is 13.6 Å². The van der Waals surface area contributed by atoms with Crippen molar-refractivity contribution in [3.05, 3.63) is 41.1 Å². The SMILES string of the molecule is CC(C)(C)OC(=O)N1CCC(CN2CCN(C(=O)c3ccc4cc(-c5nn(C6CCCCO6)c6c5C[C@@H]5C(F)(F)[C@]5(C)C6)[nH]c4c3)CC2)CC1. The second kappa shape index (κ2) is 12.3. The van der Waals surface area contributed by atoms with E-state index in [0.29, 0.717) is 44.0 Å². The number of hydrogen-bond acceptors (Lipinski definition) is 6. The number of rotatable bonds is 5. The van der Waals surface area contributed by atoms with Crippen LogP contribution < -0.4 is 0 Å². The number of piperazine rings is 1. The number of ether oxygens (including phenoxy) is 2. The summed E-state index contributed by atoms with van der Waals surface area (Å²) >= 11 is 0. The van der Waals surface area contributed by atoms with Gasteiger partial charge in [-0.15, -0.1) is 0 Å². The van der Waals surface area contributed by atoms with Crippen LogP contribution in [0.25, 0.3) is 22.3 Å². The lowest BCUT2D eigenvalue weighted by Gasteiger charge is -2.39. The van der Waals surface area contributed by atoms with Crippen molar-refractivity contribution in [2.45, 2.75) is 90.4 Å². The van der Waals surface area contributed by atoms with Gasteiger partial charge in [0.25, 0.3) is 11.8 Å². The highest BCUT2D eigenvalue weighted by Gasteiger charge is 2.78. The number of halogens is 2. The first-order valence-electron chi connectivity index (χ1n) is 18.5. The number of piperidine rings is 1. The smallest absolute Gasteiger partial charge is 0.410 e. The molecule has 3 aliphatic heterocycles. The Labute approximate surface area is 292 Å². The summed E-state index contributed by atoms with van der Waals surface area (Å²) in [6, 6.07) is 7.77. The Bertz CT molecular complexity index is 1770. The van der Waals surface area contributed by atoms with E-state index in [0.717, 1.165) is 98.4 Å². The number of aromatic amines is 1. The number of aromatic nitrogens is 3. The number of hydrogen-bond donors (Lipinski definition) is 1. The molecule has 12 heteroatoms. The van der Waals surface area contributed by atoms with Crippen LogP contribution in [0.2, 0.25) is 0 Å². The minimum atomic E-state index is -2.68. The second-order valence-corrected chi connectivity index (χ2v) is 16.5. The van der Waals surface area contributed by atoms with E-state index in [1.807, 2.05) is 59.5 Å². The molecule has 2 amide bonds. The van der Waals surface area contributed by atoms with E-state index in [9.17, 15) is 18.4 Å². The predicted molar refractivity (Wildman–Crippen MR) is 185 cm³/mol. The van der Waals surface area contributed by atoms with Gasteiger partial charge in [-0.3, -0.25) is 9.69 Å². The van der Waals surface area contributed by atoms with Gasteiger partial charge in [0, 0.05) is 97.9 Å². The second-order valence-electron chi connectivity index (χ2n) is 16.5. The monoisotopic (exact) mass is 692 g/mol. The third-order valence-electron chi connectivity index (χ3n) is 11.9. The van der Waals surface area contributed by atoms with Crippen molar-refractivity contribution < 1.29 is 27.8 Å². The van der Waals surface area contributed by atoms with Gasteiger partial charge in [-0.25, -0.2) is 18.3 Å². The van der Waals surface area contributed by atoms with Gasteiger partial charge in [0.2, 0.25) is 0 Å². The number of alkyl halides is 2. The average Bonchev–Trinajstić information content (AvgIpc) is 3.45. The topological polar surface area (TPSA) is 95.9 Å². The first-order chi connectivity index (χ1) is 23.8. The standard InChI is InChI=1S/C38H50F2N6O4/c1-36(2,3)50-35(48)45-12-10-24(11-13-45)23-43-14-16-44(17-15-43)34(47)26-9-8-25-19-29(41-28(25)20-26)33-27-21-31-37(4,38(31,39)40)22-30(27)46(42-33)32-7-5-6-18-49-32/h8-9,19-20,24,31-32,41H,5-7,10-18,21-23H2,1-4H3/t31-,32?,37+/m0/s1. The molecule has 2 aliphatic carbocycles. The fraction of sp³-hybridized carbons (Fsp3) is 0.658. The van der Waals surface area contributed by atoms with Crippen molar-refractivity contribution >= 4 is 22.9 Å². The van der Waals surface area contributed by atoms with Gasteiger partial charge in [-0.2, -0.15) is 5.10 Å². The summed E-state index contributed by atoms with van der Waals surface area (Å²) in [4.78, 5) is 35.8. The molecule has 2 aromatic heterocycles. The molecule has 3 atom stereocenters. The van der Waals surface area contributed by atoms with E-state index in [1.165, 1.54) is 0 Å². The first kappa shape index (κ1) is 33.6. The minimum Gasteiger partial charge on any atom is -0.444 e. The molecule has 5 aliphatic rings. The van der Waals surface area contributed by atoms with Crippen molar-refractivity contribution in [1.82, 2.24) is 29.5 Å². The number of H-pyrrole nitrogens is 1. The maximum atomic E-state index is 15.0. The fourth-order valence-electron chi connectivity index (χ4n) is 8.79. The molecule has 5 heterocycles. The molecule has 1 aromatic carbocycles. The quantitative estimate of drug-likeness (QED) is 0.328. The molecular formula is C38H50F2N6O4. The van der Waals surface area contributed by atoms with Gasteiger partial charge < -0.3 is 24.3 Å². The van der Waals surface area contributed by atoms with Crippen molar-refractivity contribution in [2.24, 2.45) is 17.3 Å². The average molecular weight is 693 g/mol. The highest BCUT2D eigenvalue weighted by molar-refractivity contribution is 5.99. The Hall–Kier alpha value is -3.51. The molecule has 0 radical (unpaired) electrons. The molecule has 1 N–H and O–H groups in total. The van der Waals surface area contributed by atoms with Crippen molar-refractivity contribution in [3.8, 4) is 11.4 Å². The summed E-state index contributed by atoms with van der Waals surface area (Å²) in [5, 5.41) is 5.98. The van der Waals surface area contributed by atoms with E-state index in [2.05, 4.69) is 9.88 Å². The van der Waals surface area contributed by atoms with Gasteiger partial charge in [0.05, 0.1) is 5.69 Å². The molecule has 1 saturated carbocycles. The van der Waals surface area contributed by atoms with Gasteiger partial charge in [0.1, 0.15) is 17.5 Å². The lowest BCUT2D eigenvalue weighted by molar-refractivity contribution is -0.0418. The maximum absolute atomic E-state index is 15.0. The normalized spacial score (nSPS) is 27.2. The Morgan fingerprint density at radius 2 is 1.78 bits per heavy atom. The Morgan fingerprint density at radius 3 is 2.48 bits per heavy atom. The molecule has 3 saturated heterocycles. The Morgan fingerprint density at radius 1 is 1.02 bits per heavy atom. The number of likely N-dealkylation sites (tertiary alicyclic amines) is 1. The summed E-state index contributed by atoms with van der Waals surface area (Å²) < 4.78 is 43.4. The lowest BCUT2D eigenvalue weighted by Crippen LogP contribution is -2.51. The molecule has 8 rings (SSSR count). The van der Waals surface area contributed by atoms with Crippen LogP contribution >= 0.6 is 0 Å². The number of fused-ring (bicyclic) bond motifs is 3. The summed E-state index contributed by atoms with van der Waals surface area (Å²) in [5.74, 6) is -2.81. The molecule has 0 bridgehead atoms. The van der Waals surface area contributed by atoms with Crippen LogP contribution in [0.3, 0.4) is 0 Å². The van der Waals surface area contributed by atoms with Gasteiger partial charge >= 0.3 is 6.09 Å². The molecule has 50 heavy (non-hydrogen) atoms. The molecule has 270 valence electrons. The van der Waals surface area contributed by atoms with Crippen LogP contribution in [0, 0.1) is 17.3 Å². The number of benzene rings is 1. The molecule has 4 fully saturated rings. The van der Waals surface area contributed by atoms with Gasteiger partial charge in [0.15, 0.2) is 0 Å². The van der Waals surface area contributed by atoms with E-state index in [-0.39, 0.29) is 18.2 Å². The third kappa shape index (κ3) is 5.99. The first-order valence-corrected chi connectivity index (χ1v) is 18.5. The fourth-order valence-corrected chi connectivity index (χ4v) is 8.79. The van der Waals surface area contributed by atoms with Crippen LogP contribution in [-0.2, 0) is 22.3 Å². The molecule has 0 spiro atoms. The minimum absolute atomic E-state index is 0.0136. The molecular weight excluding hydrogens is 642 g/mol. The number of carbonyl (C=O) groups excluding carboxylic acids is 2. The van der Waals surface area contributed by atoms with E-state index in [1.54, 1.807) is 6.92 Å². The molecule has 10 nitrogen and oxygen atoms in total. The zero-order valence-corrected chi connectivity index (χ0v) is 29.8. The van der Waals surface area contributed by atoms with E-state index >= 15 is 0 Å². The summed E-state index contributed by atoms with van der Waals surface area (Å²) in [7, 11) is 0. The van der Waals surface area contributed by atoms with Gasteiger partial charge in [-0.05, 0) is 83.4 Å².